The predicted molar refractivity (Wildman–Crippen MR) is 140 cm³/mol. The minimum Gasteiger partial charge on any atom is -0.273 e. The summed E-state index contributed by atoms with van der Waals surface area (Å²) in [5.74, 6) is -1.92. The molecule has 184 valence electrons. The fraction of sp³-hybridized carbons (Fsp3) is 0.111. The lowest BCUT2D eigenvalue weighted by Crippen LogP contribution is -2.37. The van der Waals surface area contributed by atoms with Crippen LogP contribution in [-0.4, -0.2) is 22.8 Å². The first kappa shape index (κ1) is 23.4. The highest BCUT2D eigenvalue weighted by Gasteiger charge is 2.60. The van der Waals surface area contributed by atoms with Gasteiger partial charge in [-0.15, -0.1) is 0 Å². The zero-order chi connectivity index (χ0) is 25.8. The number of nitrogens with zero attached hydrogens (tertiary/aromatic N) is 3. The number of carbonyl (C=O) groups is 2. The zero-order valence-corrected chi connectivity index (χ0v) is 20.5. The molecule has 0 aromatic heterocycles. The van der Waals surface area contributed by atoms with Crippen LogP contribution in [0, 0.1) is 16.0 Å². The largest absolute Gasteiger partial charge is 0.273 e. The van der Waals surface area contributed by atoms with Crippen molar-refractivity contribution in [2.24, 2.45) is 5.92 Å². The van der Waals surface area contributed by atoms with E-state index in [0.29, 0.717) is 22.0 Å². The van der Waals surface area contributed by atoms with Gasteiger partial charge in [-0.25, -0.2) is 9.96 Å². The van der Waals surface area contributed by atoms with Crippen LogP contribution in [0.25, 0.3) is 10.8 Å². The van der Waals surface area contributed by atoms with Crippen LogP contribution >= 0.6 is 23.2 Å². The Balaban J connectivity index is 1.45. The molecule has 0 saturated carbocycles. The molecule has 2 amide bonds. The third kappa shape index (κ3) is 3.81. The van der Waals surface area contributed by atoms with Crippen LogP contribution in [0.15, 0.2) is 84.9 Å². The van der Waals surface area contributed by atoms with Gasteiger partial charge < -0.3 is 0 Å². The molecule has 0 spiro atoms. The number of amides is 2. The SMILES string of the molecule is O=C1[C@H]2[C@@H](ON(c3cccc([N+](=O)[O-])c3)[C@H]2c2ccc(Cl)cc2Cl)C(=O)N1c1ccc2ccccc2c1. The summed E-state index contributed by atoms with van der Waals surface area (Å²) in [6.07, 6.45) is -1.14. The minimum atomic E-state index is -1.14. The van der Waals surface area contributed by atoms with Crippen molar-refractivity contribution in [3.63, 3.8) is 0 Å². The molecule has 0 radical (unpaired) electrons. The molecule has 2 heterocycles. The maximum Gasteiger partial charge on any atom is 0.271 e. The van der Waals surface area contributed by atoms with Crippen molar-refractivity contribution < 1.29 is 19.3 Å². The van der Waals surface area contributed by atoms with E-state index in [1.54, 1.807) is 36.4 Å². The van der Waals surface area contributed by atoms with E-state index in [1.165, 1.54) is 23.3 Å². The van der Waals surface area contributed by atoms with Gasteiger partial charge in [-0.1, -0.05) is 65.7 Å². The van der Waals surface area contributed by atoms with Gasteiger partial charge >= 0.3 is 0 Å². The van der Waals surface area contributed by atoms with Crippen molar-refractivity contribution in [1.82, 2.24) is 0 Å². The molecule has 6 rings (SSSR count). The quantitative estimate of drug-likeness (QED) is 0.178. The lowest BCUT2D eigenvalue weighted by molar-refractivity contribution is -0.384. The molecule has 0 bridgehead atoms. The minimum absolute atomic E-state index is 0.158. The third-order valence-electron chi connectivity index (χ3n) is 6.68. The van der Waals surface area contributed by atoms with E-state index in [0.717, 1.165) is 15.7 Å². The number of hydroxylamine groups is 1. The van der Waals surface area contributed by atoms with Crippen LogP contribution in [0.5, 0.6) is 0 Å². The molecule has 2 aliphatic heterocycles. The van der Waals surface area contributed by atoms with E-state index in [4.69, 9.17) is 28.0 Å². The number of hydrogen-bond acceptors (Lipinski definition) is 6. The van der Waals surface area contributed by atoms with Gasteiger partial charge in [-0.3, -0.25) is 24.5 Å². The molecule has 4 aromatic rings. The van der Waals surface area contributed by atoms with E-state index in [9.17, 15) is 19.7 Å². The smallest absolute Gasteiger partial charge is 0.271 e. The fourth-order valence-electron chi connectivity index (χ4n) is 5.01. The number of nitro groups is 1. The van der Waals surface area contributed by atoms with Crippen molar-refractivity contribution in [2.45, 2.75) is 12.1 Å². The molecule has 4 aromatic carbocycles. The Morgan fingerprint density at radius 2 is 1.59 bits per heavy atom. The van der Waals surface area contributed by atoms with Crippen molar-refractivity contribution >= 4 is 62.9 Å². The Hall–Kier alpha value is -3.98. The molecule has 0 aliphatic carbocycles. The molecule has 2 fully saturated rings. The molecule has 10 heteroatoms. The standard InChI is InChI=1S/C27H17Cl2N3O5/c28-17-9-11-21(22(29)13-17)24-23-25(37-31(24)19-6-3-7-20(14-19)32(35)36)27(34)30(26(23)33)18-10-8-15-4-1-2-5-16(15)12-18/h1-14,23-25H/t23-,24+,25-/m1/s1. The number of rotatable bonds is 4. The monoisotopic (exact) mass is 533 g/mol. The predicted octanol–water partition coefficient (Wildman–Crippen LogP) is 6.11. The lowest BCUT2D eigenvalue weighted by atomic mass is 9.90. The van der Waals surface area contributed by atoms with Gasteiger partial charge in [-0.2, -0.15) is 0 Å². The second-order valence-corrected chi connectivity index (χ2v) is 9.65. The first-order valence-corrected chi connectivity index (χ1v) is 12.1. The Morgan fingerprint density at radius 1 is 0.811 bits per heavy atom. The van der Waals surface area contributed by atoms with Crippen molar-refractivity contribution in [3.8, 4) is 0 Å². The number of carbonyl (C=O) groups excluding carboxylic acids is 2. The lowest BCUT2D eigenvalue weighted by Gasteiger charge is -2.29. The maximum atomic E-state index is 13.9. The van der Waals surface area contributed by atoms with Crippen molar-refractivity contribution in [1.29, 1.82) is 0 Å². The second kappa shape index (κ2) is 8.85. The van der Waals surface area contributed by atoms with Crippen LogP contribution in [0.4, 0.5) is 17.1 Å². The summed E-state index contributed by atoms with van der Waals surface area (Å²) in [5, 5.41) is 15.3. The summed E-state index contributed by atoms with van der Waals surface area (Å²) in [7, 11) is 0. The molecule has 0 N–H and O–H groups in total. The molecule has 8 nitrogen and oxygen atoms in total. The molecule has 2 aliphatic rings. The van der Waals surface area contributed by atoms with Gasteiger partial charge in [-0.05, 0) is 46.7 Å². The molecular weight excluding hydrogens is 517 g/mol. The summed E-state index contributed by atoms with van der Waals surface area (Å²) >= 11 is 12.7. The van der Waals surface area contributed by atoms with Crippen LogP contribution in [0.2, 0.25) is 10.0 Å². The summed E-state index contributed by atoms with van der Waals surface area (Å²) in [6.45, 7) is 0. The van der Waals surface area contributed by atoms with Crippen molar-refractivity contribution in [2.75, 3.05) is 9.96 Å². The zero-order valence-electron chi connectivity index (χ0n) is 19.0. The summed E-state index contributed by atoms with van der Waals surface area (Å²) in [5.41, 5.74) is 1.10. The van der Waals surface area contributed by atoms with Gasteiger partial charge in [0.15, 0.2) is 6.10 Å². The number of hydrogen-bond donors (Lipinski definition) is 0. The number of benzene rings is 4. The van der Waals surface area contributed by atoms with Gasteiger partial charge in [0.2, 0.25) is 5.91 Å². The topological polar surface area (TPSA) is 93.0 Å². The molecule has 3 atom stereocenters. The number of non-ortho nitro benzene ring substituents is 1. The highest BCUT2D eigenvalue weighted by molar-refractivity contribution is 6.35. The Bertz CT molecular complexity index is 1610. The number of halogens is 2. The van der Waals surface area contributed by atoms with Crippen LogP contribution in [-0.2, 0) is 14.4 Å². The van der Waals surface area contributed by atoms with Crippen LogP contribution in [0.1, 0.15) is 11.6 Å². The highest BCUT2D eigenvalue weighted by atomic mass is 35.5. The first-order valence-electron chi connectivity index (χ1n) is 11.4. The van der Waals surface area contributed by atoms with E-state index in [2.05, 4.69) is 0 Å². The Labute approximate surface area is 220 Å². The average Bonchev–Trinajstić information content (AvgIpc) is 3.39. The van der Waals surface area contributed by atoms with E-state index >= 15 is 0 Å². The Kier molecular flexibility index (Phi) is 5.60. The maximum absolute atomic E-state index is 13.9. The van der Waals surface area contributed by atoms with Gasteiger partial charge in [0.1, 0.15) is 5.92 Å². The number of fused-ring (bicyclic) bond motifs is 2. The normalized spacial score (nSPS) is 21.1. The van der Waals surface area contributed by atoms with E-state index in [-0.39, 0.29) is 10.7 Å². The van der Waals surface area contributed by atoms with Gasteiger partial charge in [0.25, 0.3) is 11.6 Å². The molecule has 2 saturated heterocycles. The van der Waals surface area contributed by atoms with Gasteiger partial charge in [0, 0.05) is 22.2 Å². The van der Waals surface area contributed by atoms with Crippen LogP contribution in [0.3, 0.4) is 0 Å². The molecule has 37 heavy (non-hydrogen) atoms. The number of nitro benzene ring substituents is 1. The highest BCUT2D eigenvalue weighted by Crippen LogP contribution is 2.49. The second-order valence-electron chi connectivity index (χ2n) is 8.81. The Morgan fingerprint density at radius 3 is 2.35 bits per heavy atom. The summed E-state index contributed by atoms with van der Waals surface area (Å²) < 4.78 is 0. The van der Waals surface area contributed by atoms with E-state index in [1.807, 2.05) is 30.3 Å². The van der Waals surface area contributed by atoms with E-state index < -0.39 is 34.8 Å². The third-order valence-corrected chi connectivity index (χ3v) is 7.25. The van der Waals surface area contributed by atoms with Crippen LogP contribution < -0.4 is 9.96 Å². The summed E-state index contributed by atoms with van der Waals surface area (Å²) in [4.78, 5) is 45.6. The summed E-state index contributed by atoms with van der Waals surface area (Å²) in [6, 6.07) is 22.8. The fourth-order valence-corrected chi connectivity index (χ4v) is 5.53. The van der Waals surface area contributed by atoms with Crippen molar-refractivity contribution in [3.05, 3.63) is 111 Å². The van der Waals surface area contributed by atoms with Gasteiger partial charge in [0.05, 0.1) is 22.3 Å². The average molecular weight is 534 g/mol. The molecular formula is C27H17Cl2N3O5. The molecule has 0 unspecified atom stereocenters. The number of anilines is 2. The first-order chi connectivity index (χ1) is 17.8. The number of imide groups is 1.